The summed E-state index contributed by atoms with van der Waals surface area (Å²) in [5, 5.41) is 27.2. The number of aliphatic hydroxyl groups excluding tert-OH is 2. The Morgan fingerprint density at radius 2 is 1.90 bits per heavy atom. The Kier molecular flexibility index (Phi) is 10.5. The number of ether oxygens (including phenoxy) is 2. The largest absolute Gasteiger partial charge is 0.445 e. The lowest BCUT2D eigenvalue weighted by Crippen LogP contribution is -2.44. The maximum absolute atomic E-state index is 14.8. The summed E-state index contributed by atoms with van der Waals surface area (Å²) < 4.78 is 26.0. The van der Waals surface area contributed by atoms with Gasteiger partial charge >= 0.3 is 11.8 Å². The van der Waals surface area contributed by atoms with E-state index in [4.69, 9.17) is 9.47 Å². The van der Waals surface area contributed by atoms with Gasteiger partial charge in [0.1, 0.15) is 24.9 Å². The van der Waals surface area contributed by atoms with Gasteiger partial charge in [-0.25, -0.2) is 14.0 Å². The van der Waals surface area contributed by atoms with Crippen LogP contribution in [0.3, 0.4) is 0 Å². The molecule has 0 aliphatic carbocycles. The fraction of sp³-hybridized carbons (Fsp3) is 0.480. The second-order valence-corrected chi connectivity index (χ2v) is 9.07. The van der Waals surface area contributed by atoms with Crippen LogP contribution in [0, 0.1) is 5.82 Å². The van der Waals surface area contributed by atoms with Crippen molar-refractivity contribution in [1.82, 2.24) is 20.2 Å². The van der Waals surface area contributed by atoms with Crippen LogP contribution >= 0.6 is 0 Å². The van der Waals surface area contributed by atoms with Crippen LogP contribution in [0.15, 0.2) is 41.3 Å². The van der Waals surface area contributed by atoms with Gasteiger partial charge in [0.2, 0.25) is 11.8 Å². The van der Waals surface area contributed by atoms with Crippen molar-refractivity contribution in [2.75, 3.05) is 11.9 Å². The Labute approximate surface area is 223 Å². The number of halogens is 1. The fourth-order valence-electron chi connectivity index (χ4n) is 3.89. The minimum Gasteiger partial charge on any atom is -0.445 e. The van der Waals surface area contributed by atoms with Crippen LogP contribution in [0.2, 0.25) is 0 Å². The summed E-state index contributed by atoms with van der Waals surface area (Å²) in [6, 6.07) is 7.70. The highest BCUT2D eigenvalue weighted by Gasteiger charge is 2.42. The molecule has 0 spiro atoms. The number of hydrogen-bond donors (Lipinski definition) is 5. The number of amides is 3. The van der Waals surface area contributed by atoms with Crippen LogP contribution in [0.1, 0.15) is 44.9 Å². The lowest BCUT2D eigenvalue weighted by atomic mass is 10.1. The average molecular weight is 550 g/mol. The minimum atomic E-state index is -1.49. The lowest BCUT2D eigenvalue weighted by Gasteiger charge is -2.20. The Morgan fingerprint density at radius 3 is 2.54 bits per heavy atom. The summed E-state index contributed by atoms with van der Waals surface area (Å²) in [5.74, 6) is -2.85. The standard InChI is InChI=1S/C25H32FN5O8/c1-14-19(33)20(34)23(39-14)31-12-17(26)21(30-24(31)36)29-22(35)18(10-6-7-11-27-15(2)32)28-25(37)38-13-16-8-4-3-5-9-16/h3-5,8-9,12,14,18-20,23,33-34H,6-7,10-11,13H2,1-2H3,(H,27,32)(H,28,37)(H,29,30,35,36)/t14-,18?,19?,20?,23-/m1/s1. The number of benzene rings is 1. The molecule has 0 radical (unpaired) electrons. The molecule has 1 aromatic carbocycles. The van der Waals surface area contributed by atoms with Crippen molar-refractivity contribution in [2.45, 2.75) is 70.3 Å². The maximum Gasteiger partial charge on any atom is 0.408 e. The molecule has 3 rings (SSSR count). The van der Waals surface area contributed by atoms with E-state index in [-0.39, 0.29) is 18.9 Å². The van der Waals surface area contributed by atoms with E-state index < -0.39 is 59.9 Å². The molecule has 13 nitrogen and oxygen atoms in total. The summed E-state index contributed by atoms with van der Waals surface area (Å²) in [6.45, 7) is 3.17. The van der Waals surface area contributed by atoms with E-state index >= 15 is 0 Å². The van der Waals surface area contributed by atoms with Crippen molar-refractivity contribution in [3.05, 3.63) is 58.4 Å². The molecule has 3 unspecified atom stereocenters. The van der Waals surface area contributed by atoms with Gasteiger partial charge in [-0.2, -0.15) is 4.98 Å². The van der Waals surface area contributed by atoms with Gasteiger partial charge in [0.25, 0.3) is 0 Å². The zero-order chi connectivity index (χ0) is 28.5. The molecule has 2 aromatic rings. The van der Waals surface area contributed by atoms with Gasteiger partial charge in [0.05, 0.1) is 12.3 Å². The molecule has 1 aromatic heterocycles. The highest BCUT2D eigenvalue weighted by Crippen LogP contribution is 2.28. The predicted octanol–water partition coefficient (Wildman–Crippen LogP) is 0.561. The molecule has 3 amide bonds. The third kappa shape index (κ3) is 8.30. The molecule has 2 heterocycles. The van der Waals surface area contributed by atoms with Gasteiger partial charge in [-0.3, -0.25) is 14.2 Å². The van der Waals surface area contributed by atoms with Crippen LogP contribution < -0.4 is 21.6 Å². The van der Waals surface area contributed by atoms with Gasteiger partial charge in [0, 0.05) is 13.5 Å². The number of carbonyl (C=O) groups is 3. The van der Waals surface area contributed by atoms with Crippen LogP contribution in [-0.4, -0.2) is 68.6 Å². The number of carbonyl (C=O) groups excluding carboxylic acids is 3. The molecule has 212 valence electrons. The first-order valence-corrected chi connectivity index (χ1v) is 12.4. The molecule has 1 aliphatic heterocycles. The zero-order valence-corrected chi connectivity index (χ0v) is 21.5. The molecule has 1 aliphatic rings. The monoisotopic (exact) mass is 549 g/mol. The first-order chi connectivity index (χ1) is 18.6. The van der Waals surface area contributed by atoms with Gasteiger partial charge in [-0.05, 0) is 31.7 Å². The number of rotatable bonds is 11. The number of anilines is 1. The van der Waals surface area contributed by atoms with Gasteiger partial charge in [-0.15, -0.1) is 0 Å². The van der Waals surface area contributed by atoms with Crippen LogP contribution in [0.5, 0.6) is 0 Å². The second kappa shape index (κ2) is 13.8. The normalized spacial score (nSPS) is 21.2. The van der Waals surface area contributed by atoms with Crippen molar-refractivity contribution in [3.8, 4) is 0 Å². The number of nitrogens with zero attached hydrogens (tertiary/aromatic N) is 2. The van der Waals surface area contributed by atoms with E-state index in [1.165, 1.54) is 13.8 Å². The molecule has 5 N–H and O–H groups in total. The summed E-state index contributed by atoms with van der Waals surface area (Å²) in [7, 11) is 0. The quantitative estimate of drug-likeness (QED) is 0.250. The third-order valence-corrected chi connectivity index (χ3v) is 6.01. The second-order valence-electron chi connectivity index (χ2n) is 9.07. The van der Waals surface area contributed by atoms with Crippen molar-refractivity contribution >= 4 is 23.7 Å². The SMILES string of the molecule is CC(=O)NCCCCC(NC(=O)OCc1ccccc1)C(=O)Nc1nc(=O)n([C@@H]2O[C@H](C)C(O)C2O)cc1F. The lowest BCUT2D eigenvalue weighted by molar-refractivity contribution is -0.119. The number of nitrogens with one attached hydrogen (secondary N) is 3. The molecular weight excluding hydrogens is 517 g/mol. The molecule has 1 saturated heterocycles. The molecule has 1 fully saturated rings. The van der Waals surface area contributed by atoms with Crippen LogP contribution in [0.25, 0.3) is 0 Å². The fourth-order valence-corrected chi connectivity index (χ4v) is 3.89. The maximum atomic E-state index is 14.8. The summed E-state index contributed by atoms with van der Waals surface area (Å²) in [6.07, 6.45) is -4.12. The van der Waals surface area contributed by atoms with Gasteiger partial charge in [-0.1, -0.05) is 30.3 Å². The first kappa shape index (κ1) is 29.7. The Bertz CT molecular complexity index is 1210. The molecule has 5 atom stereocenters. The van der Waals surface area contributed by atoms with E-state index in [9.17, 15) is 33.8 Å². The van der Waals surface area contributed by atoms with Crippen LogP contribution in [-0.2, 0) is 25.7 Å². The number of unbranched alkanes of at least 4 members (excludes halogenated alkanes) is 1. The predicted molar refractivity (Wildman–Crippen MR) is 135 cm³/mol. The van der Waals surface area contributed by atoms with Crippen molar-refractivity contribution in [2.24, 2.45) is 0 Å². The summed E-state index contributed by atoms with van der Waals surface area (Å²) in [5.41, 5.74) is -0.312. The Balaban J connectivity index is 1.68. The van der Waals surface area contributed by atoms with E-state index in [2.05, 4.69) is 20.9 Å². The van der Waals surface area contributed by atoms with E-state index in [1.54, 1.807) is 24.3 Å². The highest BCUT2D eigenvalue weighted by atomic mass is 19.1. The Morgan fingerprint density at radius 1 is 1.18 bits per heavy atom. The first-order valence-electron chi connectivity index (χ1n) is 12.4. The number of alkyl carbamates (subject to hydrolysis) is 1. The number of aromatic nitrogens is 2. The molecule has 14 heteroatoms. The number of aliphatic hydroxyl groups is 2. The summed E-state index contributed by atoms with van der Waals surface area (Å²) in [4.78, 5) is 52.5. The zero-order valence-electron chi connectivity index (χ0n) is 21.5. The van der Waals surface area contributed by atoms with E-state index in [0.29, 0.717) is 30.2 Å². The average Bonchev–Trinajstić information content (AvgIpc) is 3.15. The Hall–Kier alpha value is -3.88. The topological polar surface area (TPSA) is 181 Å². The molecule has 0 bridgehead atoms. The van der Waals surface area contributed by atoms with E-state index in [1.807, 2.05) is 6.07 Å². The summed E-state index contributed by atoms with van der Waals surface area (Å²) >= 11 is 0. The van der Waals surface area contributed by atoms with Crippen molar-refractivity contribution in [3.63, 3.8) is 0 Å². The van der Waals surface area contributed by atoms with Gasteiger partial charge < -0.3 is 35.6 Å². The van der Waals surface area contributed by atoms with Crippen LogP contribution in [0.4, 0.5) is 15.0 Å². The van der Waals surface area contributed by atoms with Crippen molar-refractivity contribution < 1.29 is 38.5 Å². The minimum absolute atomic E-state index is 0.0413. The molecule has 0 saturated carbocycles. The molecular formula is C25H32FN5O8. The highest BCUT2D eigenvalue weighted by molar-refractivity contribution is 5.95. The van der Waals surface area contributed by atoms with E-state index in [0.717, 1.165) is 5.56 Å². The van der Waals surface area contributed by atoms with Crippen molar-refractivity contribution in [1.29, 1.82) is 0 Å². The molecule has 39 heavy (non-hydrogen) atoms. The van der Waals surface area contributed by atoms with Gasteiger partial charge in [0.15, 0.2) is 17.9 Å². The number of hydrogen-bond acceptors (Lipinski definition) is 9. The third-order valence-electron chi connectivity index (χ3n) is 6.01. The smallest absolute Gasteiger partial charge is 0.408 e.